The lowest BCUT2D eigenvalue weighted by Gasteiger charge is -2.32. The minimum atomic E-state index is -0.283. The summed E-state index contributed by atoms with van der Waals surface area (Å²) in [6, 6.07) is 20.9. The monoisotopic (exact) mass is 767 g/mol. The van der Waals surface area contributed by atoms with Crippen molar-refractivity contribution in [1.29, 1.82) is 0 Å². The van der Waals surface area contributed by atoms with Crippen LogP contribution in [0, 0.1) is 17.8 Å². The van der Waals surface area contributed by atoms with Gasteiger partial charge in [-0.3, -0.25) is 19.2 Å². The van der Waals surface area contributed by atoms with Crippen LogP contribution in [0.3, 0.4) is 0 Å². The SMILES string of the molecule is CC1=CC(=C2C=C(C(C)(C)C)C(=O)C(C(C)(C)C)=C2)C=C(C)C1=O.Cc1cccc(C(C)C)c1N=c1c2ccccc2c2nc3c(=O)c4ccccc4c(=O)c3nc12. The summed E-state index contributed by atoms with van der Waals surface area (Å²) in [7, 11) is 0. The molecule has 0 atom stereocenters. The normalized spacial score (nSPS) is 15.6. The molecule has 7 heteroatoms. The van der Waals surface area contributed by atoms with Gasteiger partial charge >= 0.3 is 0 Å². The standard InChI is InChI=1S/C29H21N3O2.C22H28O2/c1-15(2)17-14-8-9-16(3)22(17)30-23-18-10-4-5-11-19(18)24-25(23)32-27-26(31-24)28(33)20-12-6-7-13-21(20)29(27)34;1-13-9-15(10-14(2)19(13)23)16-11-17(21(3,4)5)20(24)18(12-16)22(6,7)8/h4-15H,1-3H3;9-12H,1-8H3. The molecular weight excluding hydrogens is 719 g/mol. The van der Waals surface area contributed by atoms with Crippen molar-refractivity contribution in [2.75, 3.05) is 0 Å². The maximum absolute atomic E-state index is 13.3. The van der Waals surface area contributed by atoms with E-state index in [4.69, 9.17) is 15.0 Å². The molecule has 0 saturated heterocycles. The van der Waals surface area contributed by atoms with Crippen LogP contribution in [0.25, 0.3) is 43.6 Å². The molecule has 5 aromatic carbocycles. The molecule has 0 amide bonds. The molecule has 0 unspecified atom stereocenters. The summed E-state index contributed by atoms with van der Waals surface area (Å²) < 4.78 is 0. The first-order valence-electron chi connectivity index (χ1n) is 19.8. The molecule has 0 N–H and O–H groups in total. The van der Waals surface area contributed by atoms with Gasteiger partial charge in [0.1, 0.15) is 16.6 Å². The zero-order valence-corrected chi connectivity index (χ0v) is 35.2. The molecule has 0 bridgehead atoms. The Bertz CT molecular complexity index is 3030. The predicted molar refractivity (Wildman–Crippen MR) is 237 cm³/mol. The van der Waals surface area contributed by atoms with Gasteiger partial charge in [-0.1, -0.05) is 122 Å². The third-order valence-corrected chi connectivity index (χ3v) is 11.0. The number of fused-ring (bicyclic) bond motifs is 5. The van der Waals surface area contributed by atoms with E-state index in [0.717, 1.165) is 61.0 Å². The van der Waals surface area contributed by atoms with Crippen molar-refractivity contribution >= 4 is 60.9 Å². The van der Waals surface area contributed by atoms with Gasteiger partial charge in [0.2, 0.25) is 10.9 Å². The fraction of sp³-hybridized carbons (Fsp3) is 0.275. The summed E-state index contributed by atoms with van der Waals surface area (Å²) in [4.78, 5) is 66.1. The van der Waals surface area contributed by atoms with E-state index in [2.05, 4.69) is 61.5 Å². The molecule has 1 heterocycles. The Balaban J connectivity index is 0.000000189. The van der Waals surface area contributed by atoms with Crippen LogP contribution in [-0.4, -0.2) is 21.5 Å². The third-order valence-electron chi connectivity index (χ3n) is 11.0. The van der Waals surface area contributed by atoms with Crippen molar-refractivity contribution in [1.82, 2.24) is 9.97 Å². The first-order chi connectivity index (χ1) is 27.3. The number of carbonyl (C=O) groups is 2. The largest absolute Gasteiger partial charge is 0.289 e. The highest BCUT2D eigenvalue weighted by atomic mass is 16.1. The lowest BCUT2D eigenvalue weighted by molar-refractivity contribution is -0.114. The topological polar surface area (TPSA) is 106 Å². The smallest absolute Gasteiger partial charge is 0.214 e. The number of allylic oxidation sites excluding steroid dienone is 10. The highest BCUT2D eigenvalue weighted by Gasteiger charge is 2.34. The summed E-state index contributed by atoms with van der Waals surface area (Å²) >= 11 is 0. The number of rotatable bonds is 2. The minimum absolute atomic E-state index is 0.0892. The van der Waals surface area contributed by atoms with Crippen LogP contribution < -0.4 is 16.2 Å². The molecule has 0 saturated carbocycles. The van der Waals surface area contributed by atoms with E-state index in [-0.39, 0.29) is 44.3 Å². The second-order valence-corrected chi connectivity index (χ2v) is 17.8. The second kappa shape index (κ2) is 14.6. The van der Waals surface area contributed by atoms with Gasteiger partial charge in [0, 0.05) is 32.7 Å². The van der Waals surface area contributed by atoms with Gasteiger partial charge in [-0.25, -0.2) is 15.0 Å². The van der Waals surface area contributed by atoms with Crippen LogP contribution in [0.15, 0.2) is 139 Å². The van der Waals surface area contributed by atoms with Crippen LogP contribution in [0.1, 0.15) is 86.3 Å². The third kappa shape index (κ3) is 7.04. The molecule has 8 rings (SSSR count). The first kappa shape index (κ1) is 40.0. The molecule has 0 aliphatic heterocycles. The Morgan fingerprint density at radius 1 is 0.517 bits per heavy atom. The molecular formula is C51H49N3O4. The van der Waals surface area contributed by atoms with E-state index in [9.17, 15) is 19.2 Å². The summed E-state index contributed by atoms with van der Waals surface area (Å²) in [5.74, 6) is 0.514. The van der Waals surface area contributed by atoms with Gasteiger partial charge in [0.15, 0.2) is 11.6 Å². The lowest BCUT2D eigenvalue weighted by Crippen LogP contribution is -2.28. The van der Waals surface area contributed by atoms with Crippen molar-refractivity contribution in [3.63, 3.8) is 0 Å². The van der Waals surface area contributed by atoms with Crippen molar-refractivity contribution < 1.29 is 9.59 Å². The maximum atomic E-state index is 13.3. The highest BCUT2D eigenvalue weighted by molar-refractivity contribution is 6.13. The van der Waals surface area contributed by atoms with Gasteiger partial charge in [0.25, 0.3) is 0 Å². The number of ketones is 2. The number of hydrogen-bond acceptors (Lipinski definition) is 7. The molecule has 1 aromatic heterocycles. The van der Waals surface area contributed by atoms with Crippen molar-refractivity contribution in [2.24, 2.45) is 15.8 Å². The van der Waals surface area contributed by atoms with E-state index in [1.54, 1.807) is 24.3 Å². The number of aromatic nitrogens is 2. The molecule has 2 aliphatic carbocycles. The lowest BCUT2D eigenvalue weighted by atomic mass is 9.71. The second-order valence-electron chi connectivity index (χ2n) is 17.8. The Hall–Kier alpha value is -6.21. The first-order valence-corrected chi connectivity index (χ1v) is 19.8. The number of para-hydroxylation sites is 1. The van der Waals surface area contributed by atoms with Crippen molar-refractivity contribution in [3.8, 4) is 0 Å². The fourth-order valence-electron chi connectivity index (χ4n) is 7.81. The summed E-state index contributed by atoms with van der Waals surface area (Å²) in [6.45, 7) is 22.4. The summed E-state index contributed by atoms with van der Waals surface area (Å²) in [5.41, 5.74) is 8.58. The zero-order valence-electron chi connectivity index (χ0n) is 35.2. The molecule has 2 aliphatic rings. The Morgan fingerprint density at radius 3 is 1.48 bits per heavy atom. The molecule has 0 spiro atoms. The Kier molecular flexibility index (Phi) is 10.1. The molecule has 7 nitrogen and oxygen atoms in total. The van der Waals surface area contributed by atoms with Gasteiger partial charge in [-0.05, 0) is 95.2 Å². The van der Waals surface area contributed by atoms with E-state index in [1.165, 1.54) is 0 Å². The van der Waals surface area contributed by atoms with Crippen LogP contribution >= 0.6 is 0 Å². The average molecular weight is 768 g/mol. The molecule has 0 fully saturated rings. The van der Waals surface area contributed by atoms with E-state index in [0.29, 0.717) is 33.1 Å². The van der Waals surface area contributed by atoms with Crippen LogP contribution in [-0.2, 0) is 9.59 Å². The average Bonchev–Trinajstić information content (AvgIpc) is 3.47. The number of hydrogen-bond donors (Lipinski definition) is 0. The van der Waals surface area contributed by atoms with E-state index in [1.807, 2.05) is 81.5 Å². The number of Topliss-reactive ketones (excluding diaryl/α,β-unsaturated/α-hetero) is 2. The molecule has 58 heavy (non-hydrogen) atoms. The number of benzene rings is 4. The molecule has 6 aromatic rings. The molecule has 0 radical (unpaired) electrons. The van der Waals surface area contributed by atoms with Crippen LogP contribution in [0.5, 0.6) is 0 Å². The summed E-state index contributed by atoms with van der Waals surface area (Å²) in [5, 5.41) is 3.18. The van der Waals surface area contributed by atoms with Gasteiger partial charge in [-0.15, -0.1) is 0 Å². The van der Waals surface area contributed by atoms with Crippen LogP contribution in [0.4, 0.5) is 5.69 Å². The zero-order chi connectivity index (χ0) is 42.0. The highest BCUT2D eigenvalue weighted by Crippen LogP contribution is 2.40. The number of carbonyl (C=O) groups excluding carboxylic acids is 2. The van der Waals surface area contributed by atoms with E-state index >= 15 is 0 Å². The number of nitrogens with zero attached hydrogens (tertiary/aromatic N) is 3. The Labute approximate surface area is 338 Å². The van der Waals surface area contributed by atoms with Gasteiger partial charge < -0.3 is 0 Å². The van der Waals surface area contributed by atoms with E-state index < -0.39 is 0 Å². The van der Waals surface area contributed by atoms with Crippen molar-refractivity contribution in [2.45, 2.75) is 82.1 Å². The predicted octanol–water partition coefficient (Wildman–Crippen LogP) is 10.6. The summed E-state index contributed by atoms with van der Waals surface area (Å²) in [6.07, 6.45) is 7.84. The molecule has 292 valence electrons. The number of aryl methyl sites for hydroxylation is 1. The van der Waals surface area contributed by atoms with Crippen molar-refractivity contribution in [3.05, 3.63) is 161 Å². The van der Waals surface area contributed by atoms with Crippen LogP contribution in [0.2, 0.25) is 0 Å². The van der Waals surface area contributed by atoms with Gasteiger partial charge in [0.05, 0.1) is 16.6 Å². The minimum Gasteiger partial charge on any atom is -0.289 e. The van der Waals surface area contributed by atoms with Gasteiger partial charge in [-0.2, -0.15) is 0 Å². The fourth-order valence-corrected chi connectivity index (χ4v) is 7.81. The Morgan fingerprint density at radius 2 is 0.983 bits per heavy atom. The quantitative estimate of drug-likeness (QED) is 0.162. The maximum Gasteiger partial charge on any atom is 0.214 e.